The second kappa shape index (κ2) is 4.41. The molecule has 80 valence electrons. The predicted molar refractivity (Wildman–Crippen MR) is 49.0 cm³/mol. The topological polar surface area (TPSA) is 77.8 Å². The number of carboxylic acids is 2. The van der Waals surface area contributed by atoms with Crippen LogP contribution in [0.3, 0.4) is 0 Å². The van der Waals surface area contributed by atoms with Crippen LogP contribution in [0.1, 0.15) is 12.8 Å². The van der Waals surface area contributed by atoms with Crippen LogP contribution in [-0.4, -0.2) is 47.2 Å². The summed E-state index contributed by atoms with van der Waals surface area (Å²) in [5, 5.41) is 17.3. The van der Waals surface area contributed by atoms with Crippen molar-refractivity contribution < 1.29 is 19.8 Å². The van der Waals surface area contributed by atoms with Crippen molar-refractivity contribution >= 4 is 11.9 Å². The number of carboxylic acid groups (broad SMARTS) is 2. The zero-order valence-electron chi connectivity index (χ0n) is 8.14. The van der Waals surface area contributed by atoms with Crippen LogP contribution in [0, 0.1) is 11.8 Å². The Hall–Kier alpha value is -1.10. The van der Waals surface area contributed by atoms with E-state index in [-0.39, 0.29) is 24.7 Å². The largest absolute Gasteiger partial charge is 0.481 e. The highest BCUT2D eigenvalue weighted by molar-refractivity contribution is 5.69. The molecule has 5 heteroatoms. The van der Waals surface area contributed by atoms with E-state index in [1.165, 1.54) is 0 Å². The van der Waals surface area contributed by atoms with Gasteiger partial charge < -0.3 is 15.1 Å². The van der Waals surface area contributed by atoms with E-state index in [1.54, 1.807) is 0 Å². The van der Waals surface area contributed by atoms with E-state index in [4.69, 9.17) is 10.2 Å². The van der Waals surface area contributed by atoms with Crippen molar-refractivity contribution in [3.8, 4) is 0 Å². The summed E-state index contributed by atoms with van der Waals surface area (Å²) >= 11 is 0. The Labute approximate surface area is 82.3 Å². The van der Waals surface area contributed by atoms with Gasteiger partial charge in [-0.1, -0.05) is 0 Å². The summed E-state index contributed by atoms with van der Waals surface area (Å²) < 4.78 is 0. The minimum atomic E-state index is -0.847. The van der Waals surface area contributed by atoms with Gasteiger partial charge >= 0.3 is 11.9 Å². The van der Waals surface area contributed by atoms with Gasteiger partial charge in [0.1, 0.15) is 0 Å². The van der Waals surface area contributed by atoms with Crippen LogP contribution in [0.5, 0.6) is 0 Å². The molecule has 0 unspecified atom stereocenters. The average molecular weight is 201 g/mol. The Bertz CT molecular complexity index is 217. The van der Waals surface area contributed by atoms with E-state index in [0.717, 1.165) is 0 Å². The quantitative estimate of drug-likeness (QED) is 0.675. The lowest BCUT2D eigenvalue weighted by Crippen LogP contribution is -2.19. The fraction of sp³-hybridized carbons (Fsp3) is 0.778. The normalized spacial score (nSPS) is 27.8. The van der Waals surface area contributed by atoms with Crippen molar-refractivity contribution in [2.24, 2.45) is 11.8 Å². The van der Waals surface area contributed by atoms with E-state index in [0.29, 0.717) is 13.1 Å². The summed E-state index contributed by atoms with van der Waals surface area (Å²) in [6.45, 7) is 1.37. The monoisotopic (exact) mass is 201 g/mol. The van der Waals surface area contributed by atoms with E-state index in [9.17, 15) is 9.59 Å². The summed E-state index contributed by atoms with van der Waals surface area (Å²) in [7, 11) is 1.89. The van der Waals surface area contributed by atoms with E-state index >= 15 is 0 Å². The maximum atomic E-state index is 10.5. The van der Waals surface area contributed by atoms with Crippen molar-refractivity contribution in [2.75, 3.05) is 20.1 Å². The molecule has 0 aromatic rings. The van der Waals surface area contributed by atoms with Crippen molar-refractivity contribution in [3.63, 3.8) is 0 Å². The van der Waals surface area contributed by atoms with Gasteiger partial charge in [0.2, 0.25) is 0 Å². The highest BCUT2D eigenvalue weighted by Crippen LogP contribution is 2.27. The molecule has 1 fully saturated rings. The van der Waals surface area contributed by atoms with Crippen LogP contribution < -0.4 is 0 Å². The molecule has 0 radical (unpaired) electrons. The van der Waals surface area contributed by atoms with E-state index < -0.39 is 11.9 Å². The second-order valence-corrected chi connectivity index (χ2v) is 3.94. The first-order chi connectivity index (χ1) is 6.49. The number of nitrogens with zero attached hydrogens (tertiary/aromatic N) is 1. The third-order valence-corrected chi connectivity index (χ3v) is 2.63. The first-order valence-corrected chi connectivity index (χ1v) is 4.61. The van der Waals surface area contributed by atoms with Gasteiger partial charge in [-0.2, -0.15) is 0 Å². The van der Waals surface area contributed by atoms with Crippen LogP contribution >= 0.6 is 0 Å². The molecule has 2 N–H and O–H groups in total. The molecule has 0 bridgehead atoms. The molecular formula is C9H15NO4. The number of carbonyl (C=O) groups is 2. The fourth-order valence-electron chi connectivity index (χ4n) is 2.08. The van der Waals surface area contributed by atoms with Crippen molar-refractivity contribution in [1.82, 2.24) is 4.90 Å². The van der Waals surface area contributed by atoms with Gasteiger partial charge in [0, 0.05) is 25.9 Å². The average Bonchev–Trinajstić information content (AvgIpc) is 2.28. The van der Waals surface area contributed by atoms with Crippen LogP contribution in [0.4, 0.5) is 0 Å². The van der Waals surface area contributed by atoms with Gasteiger partial charge in [-0.15, -0.1) is 0 Å². The van der Waals surface area contributed by atoms with Gasteiger partial charge in [-0.05, 0) is 18.9 Å². The smallest absolute Gasteiger partial charge is 0.303 e. The zero-order chi connectivity index (χ0) is 10.7. The summed E-state index contributed by atoms with van der Waals surface area (Å²) in [6.07, 6.45) is 0.143. The number of aliphatic carboxylic acids is 2. The summed E-state index contributed by atoms with van der Waals surface area (Å²) in [6, 6.07) is 0. The Morgan fingerprint density at radius 2 is 1.50 bits per heavy atom. The van der Waals surface area contributed by atoms with E-state index in [2.05, 4.69) is 0 Å². The Balaban J connectivity index is 2.53. The lowest BCUT2D eigenvalue weighted by atomic mass is 9.90. The van der Waals surface area contributed by atoms with Crippen LogP contribution in [0.15, 0.2) is 0 Å². The Morgan fingerprint density at radius 1 is 1.14 bits per heavy atom. The predicted octanol–water partition coefficient (Wildman–Crippen LogP) is 0.114. The Kier molecular flexibility index (Phi) is 3.46. The molecule has 0 aromatic carbocycles. The molecule has 5 nitrogen and oxygen atoms in total. The van der Waals surface area contributed by atoms with Crippen molar-refractivity contribution in [2.45, 2.75) is 12.8 Å². The number of rotatable bonds is 4. The highest BCUT2D eigenvalue weighted by atomic mass is 16.4. The molecule has 0 aliphatic carbocycles. The lowest BCUT2D eigenvalue weighted by molar-refractivity contribution is -0.141. The van der Waals surface area contributed by atoms with Gasteiger partial charge in [-0.3, -0.25) is 9.59 Å². The standard InChI is InChI=1S/C9H15NO4/c1-10-4-6(2-8(11)12)7(5-10)3-9(13)14/h6-7H,2-5H2,1H3,(H,11,12)(H,13,14)/t6-,7+. The zero-order valence-corrected chi connectivity index (χ0v) is 8.14. The minimum Gasteiger partial charge on any atom is -0.481 e. The van der Waals surface area contributed by atoms with Crippen LogP contribution in [0.2, 0.25) is 0 Å². The fourth-order valence-corrected chi connectivity index (χ4v) is 2.08. The molecule has 1 aliphatic heterocycles. The molecule has 0 saturated carbocycles. The van der Waals surface area contributed by atoms with Crippen molar-refractivity contribution in [3.05, 3.63) is 0 Å². The number of hydrogen-bond acceptors (Lipinski definition) is 3. The third-order valence-electron chi connectivity index (χ3n) is 2.63. The third kappa shape index (κ3) is 2.99. The summed E-state index contributed by atoms with van der Waals surface area (Å²) in [5.41, 5.74) is 0. The summed E-state index contributed by atoms with van der Waals surface area (Å²) in [5.74, 6) is -1.73. The SMILES string of the molecule is CN1C[C@@H](CC(=O)O)[C@@H](CC(=O)O)C1. The molecule has 14 heavy (non-hydrogen) atoms. The molecule has 0 aromatic heterocycles. The Morgan fingerprint density at radius 3 is 1.79 bits per heavy atom. The molecule has 1 heterocycles. The van der Waals surface area contributed by atoms with Gasteiger partial charge in [0.25, 0.3) is 0 Å². The highest BCUT2D eigenvalue weighted by Gasteiger charge is 2.33. The molecule has 2 atom stereocenters. The van der Waals surface area contributed by atoms with Crippen LogP contribution in [-0.2, 0) is 9.59 Å². The van der Waals surface area contributed by atoms with Crippen molar-refractivity contribution in [1.29, 1.82) is 0 Å². The number of hydrogen-bond donors (Lipinski definition) is 2. The first kappa shape index (κ1) is 11.0. The first-order valence-electron chi connectivity index (χ1n) is 4.61. The molecule has 1 rings (SSSR count). The summed E-state index contributed by atoms with van der Waals surface area (Å²) in [4.78, 5) is 23.0. The maximum Gasteiger partial charge on any atom is 0.303 e. The van der Waals surface area contributed by atoms with Gasteiger partial charge in [-0.25, -0.2) is 0 Å². The molecule has 0 spiro atoms. The molecule has 1 aliphatic rings. The minimum absolute atomic E-state index is 0.0198. The van der Waals surface area contributed by atoms with Crippen LogP contribution in [0.25, 0.3) is 0 Å². The van der Waals surface area contributed by atoms with Gasteiger partial charge in [0.05, 0.1) is 0 Å². The maximum absolute atomic E-state index is 10.5. The molecule has 1 saturated heterocycles. The lowest BCUT2D eigenvalue weighted by Gasteiger charge is -2.13. The molecular weight excluding hydrogens is 186 g/mol. The molecule has 0 amide bonds. The second-order valence-electron chi connectivity index (χ2n) is 3.94. The van der Waals surface area contributed by atoms with E-state index in [1.807, 2.05) is 11.9 Å². The number of likely N-dealkylation sites (tertiary alicyclic amines) is 1. The van der Waals surface area contributed by atoms with Gasteiger partial charge in [0.15, 0.2) is 0 Å².